The Kier molecular flexibility index (Phi) is 5.89. The zero-order valence-electron chi connectivity index (χ0n) is 12.2. The smallest absolute Gasteiger partial charge is 0.0167 e. The molecule has 1 unspecified atom stereocenters. The molecule has 106 valence electrons. The van der Waals surface area contributed by atoms with Crippen molar-refractivity contribution in [1.29, 1.82) is 0 Å². The Labute approximate surface area is 112 Å². The molecule has 2 saturated heterocycles. The molecule has 0 radical (unpaired) electrons. The van der Waals surface area contributed by atoms with Gasteiger partial charge in [0, 0.05) is 51.9 Å². The lowest BCUT2D eigenvalue weighted by molar-refractivity contribution is 0.153. The molecule has 18 heavy (non-hydrogen) atoms. The fraction of sp³-hybridized carbons (Fsp3) is 1.00. The van der Waals surface area contributed by atoms with Crippen molar-refractivity contribution >= 4 is 0 Å². The van der Waals surface area contributed by atoms with Crippen LogP contribution >= 0.6 is 0 Å². The fourth-order valence-electron chi connectivity index (χ4n) is 2.96. The largest absolute Gasteiger partial charge is 0.312 e. The maximum absolute atomic E-state index is 3.67. The summed E-state index contributed by atoms with van der Waals surface area (Å²) in [7, 11) is 2.22. The van der Waals surface area contributed by atoms with Gasteiger partial charge in [0.05, 0.1) is 0 Å². The van der Waals surface area contributed by atoms with Crippen LogP contribution < -0.4 is 5.32 Å². The van der Waals surface area contributed by atoms with Gasteiger partial charge in [-0.25, -0.2) is 0 Å². The van der Waals surface area contributed by atoms with Gasteiger partial charge in [-0.15, -0.1) is 0 Å². The van der Waals surface area contributed by atoms with E-state index in [2.05, 4.69) is 34.0 Å². The molecule has 2 aliphatic heterocycles. The molecule has 2 aliphatic rings. The van der Waals surface area contributed by atoms with E-state index in [0.29, 0.717) is 6.04 Å². The number of piperazine rings is 1. The monoisotopic (exact) mass is 254 g/mol. The summed E-state index contributed by atoms with van der Waals surface area (Å²) in [6.07, 6.45) is 2.79. The van der Waals surface area contributed by atoms with Crippen molar-refractivity contribution in [2.75, 3.05) is 66.0 Å². The van der Waals surface area contributed by atoms with Gasteiger partial charge in [-0.1, -0.05) is 0 Å². The molecule has 0 aromatic heterocycles. The Hall–Kier alpha value is -0.160. The molecule has 1 atom stereocenters. The van der Waals surface area contributed by atoms with Gasteiger partial charge in [0.2, 0.25) is 0 Å². The summed E-state index contributed by atoms with van der Waals surface area (Å²) >= 11 is 0. The first-order valence-electron chi connectivity index (χ1n) is 7.60. The van der Waals surface area contributed by atoms with Crippen molar-refractivity contribution in [3.8, 4) is 0 Å². The fourth-order valence-corrected chi connectivity index (χ4v) is 2.96. The Morgan fingerprint density at radius 2 is 1.61 bits per heavy atom. The number of rotatable bonds is 6. The van der Waals surface area contributed by atoms with Crippen molar-refractivity contribution in [3.05, 3.63) is 0 Å². The number of nitrogens with zero attached hydrogens (tertiary/aromatic N) is 3. The third kappa shape index (κ3) is 4.84. The molecule has 2 heterocycles. The first-order valence-corrected chi connectivity index (χ1v) is 7.60. The Balaban J connectivity index is 1.51. The summed E-state index contributed by atoms with van der Waals surface area (Å²) in [5, 5.41) is 3.67. The molecule has 2 fully saturated rings. The van der Waals surface area contributed by atoms with E-state index in [-0.39, 0.29) is 0 Å². The van der Waals surface area contributed by atoms with Crippen LogP contribution in [0.4, 0.5) is 0 Å². The summed E-state index contributed by atoms with van der Waals surface area (Å²) in [6, 6.07) is 0.635. The minimum atomic E-state index is 0.635. The Morgan fingerprint density at radius 3 is 2.28 bits per heavy atom. The van der Waals surface area contributed by atoms with E-state index in [1.54, 1.807) is 0 Å². The third-order valence-corrected chi connectivity index (χ3v) is 4.25. The highest BCUT2D eigenvalue weighted by Crippen LogP contribution is 2.07. The van der Waals surface area contributed by atoms with Crippen LogP contribution in [0.15, 0.2) is 0 Å². The lowest BCUT2D eigenvalue weighted by Crippen LogP contribution is -2.48. The second-order valence-corrected chi connectivity index (χ2v) is 6.01. The van der Waals surface area contributed by atoms with Crippen LogP contribution in [0.2, 0.25) is 0 Å². The Bertz CT molecular complexity index is 220. The highest BCUT2D eigenvalue weighted by molar-refractivity contribution is 4.74. The van der Waals surface area contributed by atoms with Gasteiger partial charge < -0.3 is 15.1 Å². The van der Waals surface area contributed by atoms with E-state index in [1.807, 2.05) is 0 Å². The normalized spacial score (nSPS) is 25.7. The SMILES string of the molecule is CC(CN1CCCC1)NCCN1CCN(C)CC1. The van der Waals surface area contributed by atoms with Crippen LogP contribution in [0.1, 0.15) is 19.8 Å². The summed E-state index contributed by atoms with van der Waals surface area (Å²) < 4.78 is 0. The van der Waals surface area contributed by atoms with E-state index >= 15 is 0 Å². The van der Waals surface area contributed by atoms with Crippen molar-refractivity contribution in [2.45, 2.75) is 25.8 Å². The molecule has 0 aromatic rings. The molecule has 4 heteroatoms. The molecular weight excluding hydrogens is 224 g/mol. The predicted octanol–water partition coefficient (Wildman–Crippen LogP) is 0.308. The number of hydrogen-bond donors (Lipinski definition) is 1. The van der Waals surface area contributed by atoms with Crippen molar-refractivity contribution in [1.82, 2.24) is 20.0 Å². The van der Waals surface area contributed by atoms with Gasteiger partial charge in [0.1, 0.15) is 0 Å². The van der Waals surface area contributed by atoms with Gasteiger partial charge in [-0.2, -0.15) is 0 Å². The first-order chi connectivity index (χ1) is 8.74. The minimum Gasteiger partial charge on any atom is -0.312 e. The third-order valence-electron chi connectivity index (χ3n) is 4.25. The van der Waals surface area contributed by atoms with Crippen molar-refractivity contribution in [3.63, 3.8) is 0 Å². The van der Waals surface area contributed by atoms with E-state index in [0.717, 1.165) is 6.54 Å². The van der Waals surface area contributed by atoms with Gasteiger partial charge in [0.15, 0.2) is 0 Å². The molecule has 0 spiro atoms. The van der Waals surface area contributed by atoms with E-state index < -0.39 is 0 Å². The topological polar surface area (TPSA) is 21.8 Å². The van der Waals surface area contributed by atoms with Crippen molar-refractivity contribution in [2.24, 2.45) is 0 Å². The average Bonchev–Trinajstić information content (AvgIpc) is 2.84. The van der Waals surface area contributed by atoms with Crippen LogP contribution in [0.3, 0.4) is 0 Å². The maximum Gasteiger partial charge on any atom is 0.0167 e. The molecule has 0 aliphatic carbocycles. The number of nitrogens with one attached hydrogen (secondary N) is 1. The summed E-state index contributed by atoms with van der Waals surface area (Å²) in [6.45, 7) is 13.4. The molecule has 0 aromatic carbocycles. The number of likely N-dealkylation sites (N-methyl/N-ethyl adjacent to an activating group) is 1. The molecule has 0 saturated carbocycles. The standard InChI is InChI=1S/C14H30N4/c1-14(13-18-6-3-4-7-18)15-5-8-17-11-9-16(2)10-12-17/h14-15H,3-13H2,1-2H3. The summed E-state index contributed by atoms with van der Waals surface area (Å²) in [4.78, 5) is 7.59. The summed E-state index contributed by atoms with van der Waals surface area (Å²) in [5.74, 6) is 0. The van der Waals surface area contributed by atoms with E-state index in [1.165, 1.54) is 65.2 Å². The Morgan fingerprint density at radius 1 is 0.944 bits per heavy atom. The lowest BCUT2D eigenvalue weighted by Gasteiger charge is -2.32. The van der Waals surface area contributed by atoms with Crippen LogP contribution in [-0.4, -0.2) is 86.7 Å². The molecule has 1 N–H and O–H groups in total. The second kappa shape index (κ2) is 7.43. The zero-order valence-corrected chi connectivity index (χ0v) is 12.2. The molecule has 2 rings (SSSR count). The molecular formula is C14H30N4. The van der Waals surface area contributed by atoms with Gasteiger partial charge in [-0.05, 0) is 39.9 Å². The highest BCUT2D eigenvalue weighted by atomic mass is 15.3. The minimum absolute atomic E-state index is 0.635. The van der Waals surface area contributed by atoms with Gasteiger partial charge in [0.25, 0.3) is 0 Å². The van der Waals surface area contributed by atoms with Crippen LogP contribution in [0, 0.1) is 0 Å². The van der Waals surface area contributed by atoms with Crippen molar-refractivity contribution < 1.29 is 0 Å². The highest BCUT2D eigenvalue weighted by Gasteiger charge is 2.15. The second-order valence-electron chi connectivity index (χ2n) is 6.01. The van der Waals surface area contributed by atoms with Crippen LogP contribution in [-0.2, 0) is 0 Å². The van der Waals surface area contributed by atoms with Gasteiger partial charge in [-0.3, -0.25) is 4.90 Å². The first kappa shape index (κ1) is 14.3. The van der Waals surface area contributed by atoms with E-state index in [9.17, 15) is 0 Å². The predicted molar refractivity (Wildman–Crippen MR) is 77.1 cm³/mol. The van der Waals surface area contributed by atoms with Crippen LogP contribution in [0.25, 0.3) is 0 Å². The average molecular weight is 254 g/mol. The quantitative estimate of drug-likeness (QED) is 0.736. The number of hydrogen-bond acceptors (Lipinski definition) is 4. The number of likely N-dealkylation sites (tertiary alicyclic amines) is 1. The summed E-state index contributed by atoms with van der Waals surface area (Å²) in [5.41, 5.74) is 0. The zero-order chi connectivity index (χ0) is 12.8. The maximum atomic E-state index is 3.67. The molecule has 0 bridgehead atoms. The molecule has 4 nitrogen and oxygen atoms in total. The van der Waals surface area contributed by atoms with Crippen LogP contribution in [0.5, 0.6) is 0 Å². The molecule has 0 amide bonds. The lowest BCUT2D eigenvalue weighted by atomic mass is 10.3. The van der Waals surface area contributed by atoms with Gasteiger partial charge >= 0.3 is 0 Å². The van der Waals surface area contributed by atoms with E-state index in [4.69, 9.17) is 0 Å².